The van der Waals surface area contributed by atoms with Gasteiger partial charge in [0, 0.05) is 45.9 Å². The first-order valence-corrected chi connectivity index (χ1v) is 32.9. The molecular weight excluding hydrogens is 1090 g/mol. The van der Waals surface area contributed by atoms with Gasteiger partial charge in [-0.1, -0.05) is 265 Å². The number of pyridine rings is 1. The van der Waals surface area contributed by atoms with Crippen LogP contribution in [0, 0.1) is 0 Å². The van der Waals surface area contributed by atoms with Gasteiger partial charge in [0.05, 0.1) is 33.6 Å². The fourth-order valence-electron chi connectivity index (χ4n) is 13.9. The molecule has 5 nitrogen and oxygen atoms in total. The SMILES string of the molecule is [2H]c1c([2H])c([2H])c2c(c1[2H])c1ccc(Oc3cc(N4CN(c5c(-c6ccccc6)c(C(C)(C)C)c(C(C)(C)C)c(C(C)(C)C)c5-c5ccccc5)c5ccccc54)cc([Si](c4ccccc4)(c4ccccc4)c4ccccc4)c3)cc1n2-c1cc(C(C)(C)C)ccn1. The van der Waals surface area contributed by atoms with Crippen LogP contribution in [0.3, 0.4) is 0 Å². The molecule has 6 heteroatoms. The van der Waals surface area contributed by atoms with Gasteiger partial charge in [-0.05, 0) is 130 Å². The van der Waals surface area contributed by atoms with Crippen LogP contribution in [0.1, 0.15) is 111 Å². The zero-order valence-corrected chi connectivity index (χ0v) is 53.8. The van der Waals surface area contributed by atoms with Gasteiger partial charge in [0.15, 0.2) is 8.07 Å². The molecule has 0 radical (unpaired) electrons. The van der Waals surface area contributed by atoms with Gasteiger partial charge in [-0.3, -0.25) is 4.57 Å². The lowest BCUT2D eigenvalue weighted by Gasteiger charge is -2.43. The summed E-state index contributed by atoms with van der Waals surface area (Å²) in [7, 11) is -3.26. The van der Waals surface area contributed by atoms with E-state index in [4.69, 9.17) is 12.5 Å². The first-order chi connectivity index (χ1) is 43.9. The number of rotatable bonds is 11. The summed E-state index contributed by atoms with van der Waals surface area (Å²) in [6, 6.07) is 80.0. The first kappa shape index (κ1) is 53.0. The lowest BCUT2D eigenvalue weighted by atomic mass is 9.64. The Kier molecular flexibility index (Phi) is 13.4. The molecule has 88 heavy (non-hydrogen) atoms. The number of hydrogen-bond donors (Lipinski definition) is 0. The fourth-order valence-corrected chi connectivity index (χ4v) is 18.7. The van der Waals surface area contributed by atoms with E-state index in [1.165, 1.54) is 60.2 Å². The maximum absolute atomic E-state index is 9.42. The standard InChI is InChI=1S/C82H80N4OSi/c1-79(2,3)58-48-49-83-72(50-58)86-68-43-29-28-42-66(68)67-47-46-60(54-71(67)86)87-61-51-59(52-65(53-61)88(62-36-22-15-23-37-62,63-38-24-16-25-39-63)64-40-26-17-27-41-64)84-55-85(70-45-31-30-44-69(70)84)78-73(56-32-18-13-19-33-56)75(80(4,5)6)77(82(10,11)12)76(81(7,8)9)74(78)57-34-20-14-21-35-57/h13-54H,55H2,1-12H3/i28D,29D,42D,43D. The molecule has 1 aliphatic rings. The summed E-state index contributed by atoms with van der Waals surface area (Å²) < 4.78 is 45.9. The Balaban J connectivity index is 1.11. The predicted molar refractivity (Wildman–Crippen MR) is 376 cm³/mol. The topological polar surface area (TPSA) is 33.5 Å². The van der Waals surface area contributed by atoms with Gasteiger partial charge in [0.1, 0.15) is 24.0 Å². The monoisotopic (exact) mass is 1170 g/mol. The molecule has 2 aromatic heterocycles. The molecule has 0 amide bonds. The molecule has 10 aromatic carbocycles. The number of ether oxygens (including phenoxy) is 1. The highest BCUT2D eigenvalue weighted by molar-refractivity contribution is 7.20. The Morgan fingerprint density at radius 1 is 0.420 bits per heavy atom. The van der Waals surface area contributed by atoms with Crippen molar-refractivity contribution in [3.63, 3.8) is 0 Å². The summed E-state index contributed by atoms with van der Waals surface area (Å²) in [6.07, 6.45) is 1.78. The lowest BCUT2D eigenvalue weighted by Crippen LogP contribution is -2.74. The van der Waals surface area contributed by atoms with Crippen LogP contribution in [0.2, 0.25) is 0 Å². The first-order valence-electron chi connectivity index (χ1n) is 32.9. The minimum Gasteiger partial charge on any atom is -0.457 e. The van der Waals surface area contributed by atoms with E-state index in [0.29, 0.717) is 45.8 Å². The quantitative estimate of drug-likeness (QED) is 0.0955. The second-order valence-corrected chi connectivity index (χ2v) is 31.6. The molecule has 12 aromatic rings. The van der Waals surface area contributed by atoms with Crippen molar-refractivity contribution in [3.05, 3.63) is 277 Å². The van der Waals surface area contributed by atoms with E-state index >= 15 is 0 Å². The summed E-state index contributed by atoms with van der Waals surface area (Å²) in [5.41, 5.74) is 14.2. The van der Waals surface area contributed by atoms with Crippen LogP contribution < -0.4 is 35.3 Å². The van der Waals surface area contributed by atoms with Crippen LogP contribution >= 0.6 is 0 Å². The van der Waals surface area contributed by atoms with Gasteiger partial charge in [0.25, 0.3) is 0 Å². The smallest absolute Gasteiger partial charge is 0.179 e. The number of fused-ring (bicyclic) bond motifs is 4. The minimum atomic E-state index is -3.26. The van der Waals surface area contributed by atoms with Gasteiger partial charge in [-0.15, -0.1) is 0 Å². The predicted octanol–water partition coefficient (Wildman–Crippen LogP) is 19.1. The molecule has 0 fully saturated rings. The third-order valence-electron chi connectivity index (χ3n) is 17.6. The fraction of sp³-hybridized carbons (Fsp3) is 0.207. The van der Waals surface area contributed by atoms with Crippen LogP contribution in [0.15, 0.2) is 255 Å². The molecule has 438 valence electrons. The van der Waals surface area contributed by atoms with Crippen molar-refractivity contribution in [1.29, 1.82) is 0 Å². The van der Waals surface area contributed by atoms with Gasteiger partial charge in [-0.25, -0.2) is 4.98 Å². The minimum absolute atomic E-state index is 0.104. The second-order valence-electron chi connectivity index (χ2n) is 27.7. The number of nitrogens with zero attached hydrogens (tertiary/aromatic N) is 4. The number of aromatic nitrogens is 2. The van der Waals surface area contributed by atoms with Gasteiger partial charge in [0.2, 0.25) is 0 Å². The van der Waals surface area contributed by atoms with Crippen LogP contribution in [0.5, 0.6) is 11.5 Å². The van der Waals surface area contributed by atoms with Crippen LogP contribution in [-0.2, 0) is 21.7 Å². The van der Waals surface area contributed by atoms with Gasteiger partial charge >= 0.3 is 0 Å². The van der Waals surface area contributed by atoms with Crippen molar-refractivity contribution in [2.45, 2.75) is 105 Å². The normalized spacial score (nSPS) is 13.8. The lowest BCUT2D eigenvalue weighted by molar-refractivity contribution is 0.484. The van der Waals surface area contributed by atoms with E-state index in [-0.39, 0.29) is 45.8 Å². The highest BCUT2D eigenvalue weighted by Crippen LogP contribution is 2.58. The molecule has 13 rings (SSSR count). The van der Waals surface area contributed by atoms with Crippen molar-refractivity contribution in [3.8, 4) is 39.6 Å². The average molecular weight is 1170 g/mol. The van der Waals surface area contributed by atoms with Crippen molar-refractivity contribution in [1.82, 2.24) is 9.55 Å². The summed E-state index contributed by atoms with van der Waals surface area (Å²) in [4.78, 5) is 10.00. The maximum atomic E-state index is 9.42. The highest BCUT2D eigenvalue weighted by atomic mass is 28.3. The molecule has 0 spiro atoms. The number of anilines is 4. The van der Waals surface area contributed by atoms with Crippen molar-refractivity contribution in [2.75, 3.05) is 16.5 Å². The molecule has 0 atom stereocenters. The van der Waals surface area contributed by atoms with E-state index in [1.807, 2.05) is 34.9 Å². The van der Waals surface area contributed by atoms with Gasteiger partial charge < -0.3 is 14.5 Å². The van der Waals surface area contributed by atoms with Crippen LogP contribution in [0.25, 0.3) is 49.9 Å². The van der Waals surface area contributed by atoms with E-state index in [2.05, 4.69) is 287 Å². The highest BCUT2D eigenvalue weighted by Gasteiger charge is 2.45. The number of para-hydroxylation sites is 3. The van der Waals surface area contributed by atoms with Crippen LogP contribution in [0.4, 0.5) is 22.7 Å². The van der Waals surface area contributed by atoms with E-state index in [1.54, 1.807) is 6.20 Å². The number of benzene rings is 10. The van der Waals surface area contributed by atoms with Crippen molar-refractivity contribution in [2.24, 2.45) is 0 Å². The van der Waals surface area contributed by atoms with Crippen LogP contribution in [-0.4, -0.2) is 24.3 Å². The zero-order chi connectivity index (χ0) is 64.8. The van der Waals surface area contributed by atoms with E-state index in [0.717, 1.165) is 27.8 Å². The molecule has 0 unspecified atom stereocenters. The molecule has 0 aliphatic carbocycles. The second kappa shape index (κ2) is 22.2. The average Bonchev–Trinajstić information content (AvgIpc) is 1.15. The molecular formula is C82H80N4OSi. The van der Waals surface area contributed by atoms with Crippen molar-refractivity contribution >= 4 is 73.4 Å². The Hall–Kier alpha value is -9.23. The zero-order valence-electron chi connectivity index (χ0n) is 56.8. The molecule has 1 aliphatic heterocycles. The largest absolute Gasteiger partial charge is 0.457 e. The van der Waals surface area contributed by atoms with Gasteiger partial charge in [-0.2, -0.15) is 0 Å². The Bertz CT molecular complexity index is 4600. The maximum Gasteiger partial charge on any atom is 0.179 e. The van der Waals surface area contributed by atoms with Crippen molar-refractivity contribution < 1.29 is 10.2 Å². The van der Waals surface area contributed by atoms with E-state index < -0.39 is 8.07 Å². The summed E-state index contributed by atoms with van der Waals surface area (Å²) in [6.45, 7) is 28.4. The molecule has 0 bridgehead atoms. The molecule has 3 heterocycles. The molecule has 0 saturated heterocycles. The number of hydrogen-bond acceptors (Lipinski definition) is 4. The third-order valence-corrected chi connectivity index (χ3v) is 22.3. The summed E-state index contributed by atoms with van der Waals surface area (Å²) in [5, 5.41) is 5.89. The Labute approximate surface area is 528 Å². The summed E-state index contributed by atoms with van der Waals surface area (Å²) >= 11 is 0. The Morgan fingerprint density at radius 2 is 0.909 bits per heavy atom. The summed E-state index contributed by atoms with van der Waals surface area (Å²) in [5.74, 6) is 1.71. The third kappa shape index (κ3) is 10.2. The molecule has 0 saturated carbocycles. The van der Waals surface area contributed by atoms with E-state index in [9.17, 15) is 2.74 Å². The Morgan fingerprint density at radius 3 is 1.42 bits per heavy atom. The molecule has 0 N–H and O–H groups in total.